The van der Waals surface area contributed by atoms with Gasteiger partial charge in [0.25, 0.3) is 5.56 Å². The Morgan fingerprint density at radius 3 is 2.37 bits per heavy atom. The van der Waals surface area contributed by atoms with Crippen LogP contribution in [0.3, 0.4) is 0 Å². The minimum Gasteiger partial charge on any atom is -0.465 e. The summed E-state index contributed by atoms with van der Waals surface area (Å²) in [5, 5.41) is -0.782. The minimum atomic E-state index is -4.76. The summed E-state index contributed by atoms with van der Waals surface area (Å²) < 4.78 is 48.8. The van der Waals surface area contributed by atoms with Gasteiger partial charge in [0.1, 0.15) is 14.9 Å². The van der Waals surface area contributed by atoms with Crippen LogP contribution in [-0.4, -0.2) is 30.7 Å². The number of esters is 2. The lowest BCUT2D eigenvalue weighted by atomic mass is 10.1. The molecule has 0 fully saturated rings. The highest BCUT2D eigenvalue weighted by molar-refractivity contribution is 7.18. The molecule has 0 aromatic carbocycles. The second-order valence-corrected chi connectivity index (χ2v) is 6.60. The molecule has 2 aromatic heterocycles. The van der Waals surface area contributed by atoms with Crippen molar-refractivity contribution in [3.05, 3.63) is 49.2 Å². The van der Waals surface area contributed by atoms with Crippen LogP contribution in [0.4, 0.5) is 18.2 Å². The molecular formula is C15H12ClF3N2O5S. The third kappa shape index (κ3) is 4.08. The number of ether oxygens (including phenoxy) is 2. The molecule has 146 valence electrons. The zero-order valence-corrected chi connectivity index (χ0v) is 15.4. The van der Waals surface area contributed by atoms with Gasteiger partial charge in [-0.1, -0.05) is 11.6 Å². The van der Waals surface area contributed by atoms with Crippen LogP contribution in [-0.2, 0) is 22.2 Å². The summed E-state index contributed by atoms with van der Waals surface area (Å²) in [5.41, 5.74) is 3.30. The van der Waals surface area contributed by atoms with Crippen molar-refractivity contribution < 1.29 is 32.2 Å². The second kappa shape index (κ2) is 7.61. The van der Waals surface area contributed by atoms with E-state index in [1.54, 1.807) is 0 Å². The van der Waals surface area contributed by atoms with E-state index in [9.17, 15) is 27.6 Å². The monoisotopic (exact) mass is 424 g/mol. The van der Waals surface area contributed by atoms with Crippen LogP contribution in [0.15, 0.2) is 17.1 Å². The van der Waals surface area contributed by atoms with Gasteiger partial charge in [-0.3, -0.25) is 4.79 Å². The Hall–Kier alpha value is -2.53. The predicted molar refractivity (Wildman–Crippen MR) is 91.2 cm³/mol. The lowest BCUT2D eigenvalue weighted by Gasteiger charge is -2.13. The summed E-state index contributed by atoms with van der Waals surface area (Å²) in [7, 11) is 2.14. The van der Waals surface area contributed by atoms with Gasteiger partial charge in [-0.15, -0.1) is 11.3 Å². The zero-order valence-electron chi connectivity index (χ0n) is 13.8. The van der Waals surface area contributed by atoms with Crippen LogP contribution >= 0.6 is 22.9 Å². The number of aromatic nitrogens is 1. The molecule has 0 saturated heterocycles. The first-order valence-electron chi connectivity index (χ1n) is 7.06. The molecule has 0 spiro atoms. The first-order valence-corrected chi connectivity index (χ1v) is 8.25. The molecule has 7 nitrogen and oxygen atoms in total. The van der Waals surface area contributed by atoms with Gasteiger partial charge in [0.15, 0.2) is 0 Å². The Morgan fingerprint density at radius 2 is 1.85 bits per heavy atom. The van der Waals surface area contributed by atoms with Crippen molar-refractivity contribution in [1.29, 1.82) is 0 Å². The minimum absolute atomic E-state index is 0.103. The number of pyridine rings is 1. The van der Waals surface area contributed by atoms with Crippen LogP contribution in [0.1, 0.15) is 31.2 Å². The normalized spacial score (nSPS) is 11.3. The third-order valence-corrected chi connectivity index (χ3v) is 4.80. The molecule has 12 heteroatoms. The van der Waals surface area contributed by atoms with E-state index in [1.807, 2.05) is 0 Å². The van der Waals surface area contributed by atoms with Crippen molar-refractivity contribution in [2.24, 2.45) is 0 Å². The molecule has 0 aliphatic carbocycles. The maximum Gasteiger partial charge on any atom is 0.417 e. The molecule has 0 radical (unpaired) electrons. The molecule has 2 N–H and O–H groups in total. The van der Waals surface area contributed by atoms with Crippen molar-refractivity contribution in [3.8, 4) is 0 Å². The highest BCUT2D eigenvalue weighted by atomic mass is 35.5. The van der Waals surface area contributed by atoms with Gasteiger partial charge in [-0.2, -0.15) is 13.2 Å². The molecule has 0 unspecified atom stereocenters. The summed E-state index contributed by atoms with van der Waals surface area (Å²) in [5.74, 6) is -1.79. The quantitative estimate of drug-likeness (QED) is 0.757. The largest absolute Gasteiger partial charge is 0.465 e. The Bertz CT molecular complexity index is 968. The fourth-order valence-corrected chi connectivity index (χ4v) is 3.47. The Kier molecular flexibility index (Phi) is 5.85. The number of hydrogen-bond donors (Lipinski definition) is 1. The van der Waals surface area contributed by atoms with Crippen molar-refractivity contribution in [1.82, 2.24) is 4.57 Å². The predicted octanol–water partition coefficient (Wildman–Crippen LogP) is 2.79. The molecule has 0 amide bonds. The lowest BCUT2D eigenvalue weighted by molar-refractivity contribution is -0.138. The van der Waals surface area contributed by atoms with E-state index >= 15 is 0 Å². The van der Waals surface area contributed by atoms with Gasteiger partial charge in [-0.25, -0.2) is 9.59 Å². The molecule has 2 heterocycles. The summed E-state index contributed by atoms with van der Waals surface area (Å²) in [6, 6.07) is 0.491. The summed E-state index contributed by atoms with van der Waals surface area (Å²) in [4.78, 5) is 36.0. The molecule has 0 atom stereocenters. The number of hydrogen-bond acceptors (Lipinski definition) is 7. The molecule has 27 heavy (non-hydrogen) atoms. The van der Waals surface area contributed by atoms with Gasteiger partial charge >= 0.3 is 18.1 Å². The maximum absolute atomic E-state index is 13.0. The second-order valence-electron chi connectivity index (χ2n) is 5.14. The summed E-state index contributed by atoms with van der Waals surface area (Å²) >= 11 is 6.31. The number of carbonyl (C=O) groups excluding carboxylic acids is 2. The van der Waals surface area contributed by atoms with Gasteiger partial charge in [0.05, 0.1) is 31.9 Å². The average molecular weight is 425 g/mol. The van der Waals surface area contributed by atoms with Crippen molar-refractivity contribution in [2.75, 3.05) is 20.0 Å². The number of thiophene rings is 1. The number of carbonyl (C=O) groups is 2. The van der Waals surface area contributed by atoms with Crippen LogP contribution in [0.2, 0.25) is 5.02 Å². The molecule has 0 aliphatic rings. The average Bonchev–Trinajstić information content (AvgIpc) is 2.92. The van der Waals surface area contributed by atoms with Gasteiger partial charge < -0.3 is 19.8 Å². The first-order chi connectivity index (χ1) is 12.5. The molecule has 0 bridgehead atoms. The molecule has 0 saturated carbocycles. The van der Waals surface area contributed by atoms with Gasteiger partial charge in [0, 0.05) is 11.8 Å². The smallest absolute Gasteiger partial charge is 0.417 e. The highest BCUT2D eigenvalue weighted by Crippen LogP contribution is 2.34. The van der Waals surface area contributed by atoms with Crippen molar-refractivity contribution >= 4 is 39.9 Å². The van der Waals surface area contributed by atoms with E-state index in [-0.39, 0.29) is 21.0 Å². The fraction of sp³-hybridized carbons (Fsp3) is 0.267. The zero-order chi connectivity index (χ0) is 20.5. The van der Waals surface area contributed by atoms with Gasteiger partial charge in [0.2, 0.25) is 0 Å². The Morgan fingerprint density at radius 1 is 1.26 bits per heavy atom. The Labute approximate surface area is 159 Å². The van der Waals surface area contributed by atoms with Crippen LogP contribution in [0.25, 0.3) is 0 Å². The number of nitrogens with zero attached hydrogens (tertiary/aromatic N) is 1. The fourth-order valence-electron chi connectivity index (χ4n) is 2.26. The number of rotatable bonds is 4. The first kappa shape index (κ1) is 20.8. The van der Waals surface area contributed by atoms with Gasteiger partial charge in [-0.05, 0) is 6.07 Å². The van der Waals surface area contributed by atoms with E-state index in [2.05, 4.69) is 9.47 Å². The molecule has 2 aromatic rings. The van der Waals surface area contributed by atoms with E-state index in [4.69, 9.17) is 17.3 Å². The van der Waals surface area contributed by atoms with Crippen LogP contribution in [0.5, 0.6) is 0 Å². The summed E-state index contributed by atoms with van der Waals surface area (Å²) in [6.45, 7) is -0.578. The number of nitrogen functional groups attached to an aromatic ring is 1. The summed E-state index contributed by atoms with van der Waals surface area (Å²) in [6.07, 6.45) is -4.23. The molecule has 2 rings (SSSR count). The van der Waals surface area contributed by atoms with Crippen LogP contribution < -0.4 is 11.3 Å². The SMILES string of the molecule is COC(=O)c1sc(N)c(C(=O)OC)c1Cn1cc(C(F)(F)F)cc(Cl)c1=O. The van der Waals surface area contributed by atoms with Crippen molar-refractivity contribution in [3.63, 3.8) is 0 Å². The van der Waals surface area contributed by atoms with Crippen LogP contribution in [0, 0.1) is 0 Å². The van der Waals surface area contributed by atoms with E-state index in [0.717, 1.165) is 14.2 Å². The Balaban J connectivity index is 2.70. The molecule has 0 aliphatic heterocycles. The van der Waals surface area contributed by atoms with Crippen molar-refractivity contribution in [2.45, 2.75) is 12.7 Å². The van der Waals surface area contributed by atoms with E-state index < -0.39 is 40.8 Å². The number of alkyl halides is 3. The number of methoxy groups -OCH3 is 2. The number of halogens is 4. The third-order valence-electron chi connectivity index (χ3n) is 3.49. The van der Waals surface area contributed by atoms with E-state index in [0.29, 0.717) is 28.2 Å². The number of anilines is 1. The topological polar surface area (TPSA) is 101 Å². The van der Waals surface area contributed by atoms with E-state index in [1.165, 1.54) is 0 Å². The highest BCUT2D eigenvalue weighted by Gasteiger charge is 2.33. The number of nitrogens with two attached hydrogens (primary N) is 1. The standard InChI is InChI=1S/C15H12ClF3N2O5S/c1-25-13(23)9-7(10(14(24)26-2)27-11(9)20)5-21-4-6(15(17,18)19)3-8(16)12(21)22/h3-4H,5,20H2,1-2H3. The molecular weight excluding hydrogens is 413 g/mol. The maximum atomic E-state index is 13.0. The lowest BCUT2D eigenvalue weighted by Crippen LogP contribution is -2.25.